The van der Waals surface area contributed by atoms with Crippen molar-refractivity contribution >= 4 is 27.9 Å². The number of aliphatic carboxylic acids is 1. The molecule has 0 saturated heterocycles. The number of benzene rings is 1. The first-order valence-corrected chi connectivity index (χ1v) is 6.75. The van der Waals surface area contributed by atoms with Crippen molar-refractivity contribution in [2.75, 3.05) is 13.6 Å². The molecule has 0 aromatic heterocycles. The normalized spacial score (nSPS) is 11.8. The van der Waals surface area contributed by atoms with E-state index >= 15 is 0 Å². The molecule has 1 aromatic carbocycles. The maximum Gasteiger partial charge on any atom is 0.317 e. The van der Waals surface area contributed by atoms with Crippen LogP contribution in [0, 0.1) is 11.7 Å². The van der Waals surface area contributed by atoms with E-state index in [1.54, 1.807) is 6.07 Å². The van der Waals surface area contributed by atoms with Gasteiger partial charge in [-0.15, -0.1) is 0 Å². The van der Waals surface area contributed by atoms with Crippen molar-refractivity contribution in [2.24, 2.45) is 5.92 Å². The summed E-state index contributed by atoms with van der Waals surface area (Å²) in [5.41, 5.74) is 0.616. The van der Waals surface area contributed by atoms with Crippen LogP contribution in [0.25, 0.3) is 0 Å². The van der Waals surface area contributed by atoms with Crippen molar-refractivity contribution in [1.29, 1.82) is 0 Å². The summed E-state index contributed by atoms with van der Waals surface area (Å²) in [5.74, 6) is -2.00. The highest BCUT2D eigenvalue weighted by molar-refractivity contribution is 9.10. The van der Waals surface area contributed by atoms with Crippen LogP contribution in [0.3, 0.4) is 0 Å². The Balaban J connectivity index is 2.52. The average molecular weight is 347 g/mol. The van der Waals surface area contributed by atoms with E-state index in [2.05, 4.69) is 21.2 Å². The Hall–Kier alpha value is -1.63. The highest BCUT2D eigenvalue weighted by Crippen LogP contribution is 2.14. The van der Waals surface area contributed by atoms with E-state index in [1.807, 2.05) is 0 Å². The van der Waals surface area contributed by atoms with E-state index < -0.39 is 23.7 Å². The van der Waals surface area contributed by atoms with E-state index in [4.69, 9.17) is 5.11 Å². The smallest absolute Gasteiger partial charge is 0.317 e. The monoisotopic (exact) mass is 346 g/mol. The predicted molar refractivity (Wildman–Crippen MR) is 75.8 cm³/mol. The minimum Gasteiger partial charge on any atom is -0.481 e. The van der Waals surface area contributed by atoms with E-state index in [9.17, 15) is 14.0 Å². The maximum atomic E-state index is 13.2. The number of halogens is 2. The Kier molecular flexibility index (Phi) is 5.94. The van der Waals surface area contributed by atoms with Crippen LogP contribution in [0.4, 0.5) is 9.18 Å². The molecule has 0 aliphatic carbocycles. The van der Waals surface area contributed by atoms with Gasteiger partial charge >= 0.3 is 12.0 Å². The third kappa shape index (κ3) is 5.16. The van der Waals surface area contributed by atoms with Crippen LogP contribution in [-0.4, -0.2) is 35.6 Å². The van der Waals surface area contributed by atoms with E-state index in [-0.39, 0.29) is 13.1 Å². The summed E-state index contributed by atoms with van der Waals surface area (Å²) in [6.07, 6.45) is 0. The van der Waals surface area contributed by atoms with Crippen LogP contribution in [0.5, 0.6) is 0 Å². The number of amides is 2. The molecule has 0 aliphatic rings. The molecule has 5 nitrogen and oxygen atoms in total. The lowest BCUT2D eigenvalue weighted by Crippen LogP contribution is -2.40. The Labute approximate surface area is 124 Å². The van der Waals surface area contributed by atoms with Crippen LogP contribution in [0.15, 0.2) is 22.7 Å². The van der Waals surface area contributed by atoms with Gasteiger partial charge in [0.05, 0.1) is 5.92 Å². The van der Waals surface area contributed by atoms with Gasteiger partial charge in [0.15, 0.2) is 0 Å². The molecular formula is C13H16BrFN2O3. The quantitative estimate of drug-likeness (QED) is 0.860. The van der Waals surface area contributed by atoms with Gasteiger partial charge in [0.25, 0.3) is 0 Å². The van der Waals surface area contributed by atoms with Gasteiger partial charge in [0, 0.05) is 24.6 Å². The molecule has 20 heavy (non-hydrogen) atoms. The second kappa shape index (κ2) is 7.23. The number of hydrogen-bond acceptors (Lipinski definition) is 2. The third-order valence-electron chi connectivity index (χ3n) is 2.68. The fourth-order valence-electron chi connectivity index (χ4n) is 1.60. The molecule has 0 heterocycles. The van der Waals surface area contributed by atoms with Gasteiger partial charge in [-0.3, -0.25) is 4.79 Å². The van der Waals surface area contributed by atoms with E-state index in [0.29, 0.717) is 10.0 Å². The lowest BCUT2D eigenvalue weighted by molar-refractivity contribution is -0.141. The Morgan fingerprint density at radius 2 is 2.10 bits per heavy atom. The third-order valence-corrected chi connectivity index (χ3v) is 3.14. The number of carboxylic acids is 1. The number of urea groups is 1. The number of nitrogens with one attached hydrogen (secondary N) is 1. The molecule has 0 bridgehead atoms. The van der Waals surface area contributed by atoms with Crippen molar-refractivity contribution in [1.82, 2.24) is 10.2 Å². The van der Waals surface area contributed by atoms with Gasteiger partial charge in [-0.1, -0.05) is 22.9 Å². The lowest BCUT2D eigenvalue weighted by atomic mass is 10.2. The molecule has 7 heteroatoms. The number of nitrogens with zero attached hydrogens (tertiary/aromatic N) is 1. The zero-order chi connectivity index (χ0) is 15.3. The molecule has 0 fully saturated rings. The standard InChI is InChI=1S/C13H16BrFN2O3/c1-8(12(18)19)7-17(2)13(20)16-6-9-3-10(14)5-11(15)4-9/h3-5,8H,6-7H2,1-2H3,(H,16,20)(H,18,19). The maximum absolute atomic E-state index is 13.2. The number of carbonyl (C=O) groups is 2. The molecule has 1 aromatic rings. The minimum absolute atomic E-state index is 0.105. The summed E-state index contributed by atoms with van der Waals surface area (Å²) in [6, 6.07) is 3.94. The largest absolute Gasteiger partial charge is 0.481 e. The summed E-state index contributed by atoms with van der Waals surface area (Å²) in [7, 11) is 1.51. The Morgan fingerprint density at radius 3 is 2.65 bits per heavy atom. The van der Waals surface area contributed by atoms with Gasteiger partial charge in [-0.2, -0.15) is 0 Å². The van der Waals surface area contributed by atoms with Crippen LogP contribution >= 0.6 is 15.9 Å². The van der Waals surface area contributed by atoms with Crippen LogP contribution < -0.4 is 5.32 Å². The number of carbonyl (C=O) groups excluding carboxylic acids is 1. The van der Waals surface area contributed by atoms with Crippen molar-refractivity contribution in [2.45, 2.75) is 13.5 Å². The second-order valence-corrected chi connectivity index (χ2v) is 5.47. The van der Waals surface area contributed by atoms with Gasteiger partial charge < -0.3 is 15.3 Å². The molecule has 0 radical (unpaired) electrons. The molecule has 0 spiro atoms. The van der Waals surface area contributed by atoms with Gasteiger partial charge in [-0.05, 0) is 23.8 Å². The molecule has 2 N–H and O–H groups in total. The summed E-state index contributed by atoms with van der Waals surface area (Å²) in [6.45, 7) is 1.80. The lowest BCUT2D eigenvalue weighted by Gasteiger charge is -2.20. The van der Waals surface area contributed by atoms with Crippen LogP contribution in [-0.2, 0) is 11.3 Å². The molecule has 2 amide bonds. The van der Waals surface area contributed by atoms with Crippen molar-refractivity contribution in [3.63, 3.8) is 0 Å². The fraction of sp³-hybridized carbons (Fsp3) is 0.385. The van der Waals surface area contributed by atoms with E-state index in [0.717, 1.165) is 0 Å². The van der Waals surface area contributed by atoms with Crippen LogP contribution in [0.2, 0.25) is 0 Å². The van der Waals surface area contributed by atoms with E-state index in [1.165, 1.54) is 31.0 Å². The highest BCUT2D eigenvalue weighted by Gasteiger charge is 2.17. The zero-order valence-corrected chi connectivity index (χ0v) is 12.8. The number of carboxylic acid groups (broad SMARTS) is 1. The summed E-state index contributed by atoms with van der Waals surface area (Å²) < 4.78 is 13.7. The molecule has 0 saturated carbocycles. The number of hydrogen-bond donors (Lipinski definition) is 2. The average Bonchev–Trinajstić information content (AvgIpc) is 2.34. The van der Waals surface area contributed by atoms with Gasteiger partial charge in [-0.25, -0.2) is 9.18 Å². The second-order valence-electron chi connectivity index (χ2n) is 4.56. The fourth-order valence-corrected chi connectivity index (χ4v) is 2.11. The molecule has 1 atom stereocenters. The number of rotatable bonds is 5. The summed E-state index contributed by atoms with van der Waals surface area (Å²) >= 11 is 3.17. The first-order valence-electron chi connectivity index (χ1n) is 5.96. The zero-order valence-electron chi connectivity index (χ0n) is 11.2. The summed E-state index contributed by atoms with van der Waals surface area (Å²) in [5, 5.41) is 11.4. The Morgan fingerprint density at radius 1 is 1.45 bits per heavy atom. The van der Waals surface area contributed by atoms with Crippen molar-refractivity contribution < 1.29 is 19.1 Å². The molecule has 0 aliphatic heterocycles. The minimum atomic E-state index is -0.960. The Bertz CT molecular complexity index is 490. The van der Waals surface area contributed by atoms with Crippen molar-refractivity contribution in [3.05, 3.63) is 34.1 Å². The molecule has 110 valence electrons. The SMILES string of the molecule is CC(CN(C)C(=O)NCc1cc(F)cc(Br)c1)C(=O)O. The molecule has 1 unspecified atom stereocenters. The first kappa shape index (κ1) is 16.4. The van der Waals surface area contributed by atoms with Gasteiger partial charge in [0.1, 0.15) is 5.82 Å². The first-order chi connectivity index (χ1) is 9.29. The highest BCUT2D eigenvalue weighted by atomic mass is 79.9. The molecule has 1 rings (SSSR count). The summed E-state index contributed by atoms with van der Waals surface area (Å²) in [4.78, 5) is 23.8. The topological polar surface area (TPSA) is 69.6 Å². The molecular weight excluding hydrogens is 331 g/mol. The van der Waals surface area contributed by atoms with Crippen molar-refractivity contribution in [3.8, 4) is 0 Å². The van der Waals surface area contributed by atoms with Crippen LogP contribution in [0.1, 0.15) is 12.5 Å². The predicted octanol–water partition coefficient (Wildman–Crippen LogP) is 2.45. The van der Waals surface area contributed by atoms with Gasteiger partial charge in [0.2, 0.25) is 0 Å².